The number of carboxylic acid groups (broad SMARTS) is 1. The van der Waals surface area contributed by atoms with Gasteiger partial charge in [-0.05, 0) is 61.1 Å². The minimum absolute atomic E-state index is 0.0878. The van der Waals surface area contributed by atoms with E-state index in [4.69, 9.17) is 19.6 Å². The topological polar surface area (TPSA) is 85.2 Å². The molecule has 3 aliphatic rings. The minimum Gasteiger partial charge on any atom is -0.494 e. The zero-order valence-electron chi connectivity index (χ0n) is 21.9. The van der Waals surface area contributed by atoms with Crippen LogP contribution in [0.15, 0.2) is 63.7 Å². The molecule has 1 N–H and O–H groups in total. The van der Waals surface area contributed by atoms with Crippen molar-refractivity contribution in [3.05, 3.63) is 65.0 Å². The average Bonchev–Trinajstić information content (AvgIpc) is 3.23. The normalized spacial score (nSPS) is 25.6. The van der Waals surface area contributed by atoms with Crippen molar-refractivity contribution < 1.29 is 23.6 Å². The second-order valence-corrected chi connectivity index (χ2v) is 12.7. The molecule has 2 aliphatic heterocycles. The summed E-state index contributed by atoms with van der Waals surface area (Å²) >= 11 is 1.73. The Morgan fingerprint density at radius 1 is 1.30 bits per heavy atom. The molecule has 2 heterocycles. The van der Waals surface area contributed by atoms with Crippen molar-refractivity contribution in [2.45, 2.75) is 63.2 Å². The average molecular weight is 544 g/mol. The molecule has 0 radical (unpaired) electrons. The highest BCUT2D eigenvalue weighted by atomic mass is 32.2. The van der Waals surface area contributed by atoms with E-state index in [1.807, 2.05) is 6.07 Å². The number of carboxylic acids is 1. The summed E-state index contributed by atoms with van der Waals surface area (Å²) < 4.78 is 23.4. The number of aliphatic imine (C=N–C) groups is 1. The fraction of sp³-hybridized carbons (Fsp3) is 0.517. The predicted molar refractivity (Wildman–Crippen MR) is 151 cm³/mol. The summed E-state index contributed by atoms with van der Waals surface area (Å²) in [7, 11) is -0.743. The van der Waals surface area contributed by atoms with Crippen molar-refractivity contribution in [3.8, 4) is 0 Å². The fourth-order valence-electron chi connectivity index (χ4n) is 5.16. The van der Waals surface area contributed by atoms with Gasteiger partial charge in [0.25, 0.3) is 0 Å². The van der Waals surface area contributed by atoms with Gasteiger partial charge in [0.15, 0.2) is 6.23 Å². The quantitative estimate of drug-likeness (QED) is 0.332. The Bertz CT molecular complexity index is 1140. The number of thioether (sulfide) groups is 1. The Morgan fingerprint density at radius 3 is 2.89 bits per heavy atom. The van der Waals surface area contributed by atoms with E-state index in [0.29, 0.717) is 13.2 Å². The summed E-state index contributed by atoms with van der Waals surface area (Å²) in [4.78, 5) is 17.3. The molecular weight excluding hydrogens is 506 g/mol. The van der Waals surface area contributed by atoms with Crippen molar-refractivity contribution >= 4 is 34.2 Å². The summed E-state index contributed by atoms with van der Waals surface area (Å²) in [5.41, 5.74) is 4.50. The molecule has 0 amide bonds. The number of hydrogen-bond acceptors (Lipinski definition) is 6. The molecular formula is C29H37NO5S2. The van der Waals surface area contributed by atoms with Crippen LogP contribution in [0.1, 0.15) is 56.6 Å². The van der Waals surface area contributed by atoms with Crippen LogP contribution in [0.2, 0.25) is 0 Å². The molecule has 0 saturated carbocycles. The van der Waals surface area contributed by atoms with E-state index in [1.54, 1.807) is 18.0 Å². The zero-order valence-corrected chi connectivity index (χ0v) is 23.5. The third kappa shape index (κ3) is 7.68. The monoisotopic (exact) mass is 543 g/mol. The van der Waals surface area contributed by atoms with E-state index in [0.717, 1.165) is 53.4 Å². The minimum atomic E-state index is -0.747. The lowest BCUT2D eigenvalue weighted by Crippen LogP contribution is -2.27. The number of hydrogen-bond donors (Lipinski definition) is 1. The molecule has 6 nitrogen and oxygen atoms in total. The van der Waals surface area contributed by atoms with Crippen LogP contribution in [0.3, 0.4) is 0 Å². The van der Waals surface area contributed by atoms with E-state index in [1.165, 1.54) is 10.5 Å². The van der Waals surface area contributed by atoms with Crippen LogP contribution >= 0.6 is 11.8 Å². The van der Waals surface area contributed by atoms with Crippen molar-refractivity contribution in [1.82, 2.24) is 0 Å². The SMILES string of the molecule is CC1=CC(OCCCCS(C)=O)=CC(C)C1C1=NC(OCc2ccc3c(c2)SCC3CC(=O)O)CC=C1. The molecule has 1 aromatic rings. The van der Waals surface area contributed by atoms with Crippen molar-refractivity contribution in [2.24, 2.45) is 16.8 Å². The van der Waals surface area contributed by atoms with Gasteiger partial charge in [-0.2, -0.15) is 0 Å². The first-order valence-electron chi connectivity index (χ1n) is 13.0. The number of ether oxygens (including phenoxy) is 2. The number of dihydropyridines is 1. The third-order valence-electron chi connectivity index (χ3n) is 6.97. The second kappa shape index (κ2) is 13.1. The van der Waals surface area contributed by atoms with Crippen molar-refractivity contribution in [2.75, 3.05) is 24.4 Å². The molecule has 4 rings (SSSR count). The van der Waals surface area contributed by atoms with E-state index >= 15 is 0 Å². The van der Waals surface area contributed by atoms with Crippen LogP contribution in [0.25, 0.3) is 0 Å². The molecule has 0 bridgehead atoms. The first kappa shape index (κ1) is 27.9. The van der Waals surface area contributed by atoms with E-state index in [2.05, 4.69) is 50.3 Å². The highest BCUT2D eigenvalue weighted by Gasteiger charge is 2.29. The molecule has 5 unspecified atom stereocenters. The predicted octanol–water partition coefficient (Wildman–Crippen LogP) is 5.87. The fourth-order valence-corrected chi connectivity index (χ4v) is 7.09. The maximum absolute atomic E-state index is 11.2. The Kier molecular flexibility index (Phi) is 9.84. The highest BCUT2D eigenvalue weighted by molar-refractivity contribution is 7.99. The smallest absolute Gasteiger partial charge is 0.303 e. The van der Waals surface area contributed by atoms with Gasteiger partial charge in [0.1, 0.15) is 5.76 Å². The van der Waals surface area contributed by atoms with Gasteiger partial charge in [-0.1, -0.05) is 30.7 Å². The molecule has 5 atom stereocenters. The number of allylic oxidation sites excluding steroid dienone is 4. The van der Waals surface area contributed by atoms with Crippen molar-refractivity contribution in [3.63, 3.8) is 0 Å². The molecule has 0 spiro atoms. The lowest BCUT2D eigenvalue weighted by atomic mass is 9.79. The standard InChI is InChI=1S/C29H37NO5S2/c1-19-13-23(34-11-4-5-12-37(3)33)14-20(2)29(19)25-7-6-8-27(30-25)35-17-21-9-10-24-22(16-28(31)32)18-36-26(24)15-21/h6-7,9-10,13-15,19,22,27,29H,4-5,8,11-12,16-18H2,1-3H3,(H,31,32). The van der Waals surface area contributed by atoms with Gasteiger partial charge < -0.3 is 14.6 Å². The largest absolute Gasteiger partial charge is 0.494 e. The van der Waals surface area contributed by atoms with Gasteiger partial charge in [0.2, 0.25) is 0 Å². The molecule has 0 saturated heterocycles. The lowest BCUT2D eigenvalue weighted by molar-refractivity contribution is -0.137. The number of fused-ring (bicyclic) bond motifs is 1. The van der Waals surface area contributed by atoms with Crippen LogP contribution < -0.4 is 0 Å². The Labute approximate surface area is 226 Å². The summed E-state index contributed by atoms with van der Waals surface area (Å²) in [6.45, 7) is 5.46. The molecule has 1 aliphatic carbocycles. The van der Waals surface area contributed by atoms with Crippen LogP contribution in [0, 0.1) is 11.8 Å². The molecule has 200 valence electrons. The van der Waals surface area contributed by atoms with E-state index < -0.39 is 16.8 Å². The molecule has 37 heavy (non-hydrogen) atoms. The van der Waals surface area contributed by atoms with Gasteiger partial charge in [-0.15, -0.1) is 11.8 Å². The van der Waals surface area contributed by atoms with Crippen LogP contribution in [0.4, 0.5) is 0 Å². The molecule has 1 aromatic carbocycles. The van der Waals surface area contributed by atoms with Crippen molar-refractivity contribution in [1.29, 1.82) is 0 Å². The summed E-state index contributed by atoms with van der Waals surface area (Å²) in [5, 5.41) is 9.14. The Morgan fingerprint density at radius 2 is 2.14 bits per heavy atom. The Balaban J connectivity index is 1.32. The molecule has 0 fully saturated rings. The second-order valence-electron chi connectivity index (χ2n) is 10.1. The lowest BCUT2D eigenvalue weighted by Gasteiger charge is -2.30. The highest BCUT2D eigenvalue weighted by Crippen LogP contribution is 2.42. The molecule has 0 aromatic heterocycles. The first-order chi connectivity index (χ1) is 17.8. The van der Waals surface area contributed by atoms with Gasteiger partial charge in [-0.25, -0.2) is 0 Å². The number of aliphatic carboxylic acids is 1. The summed E-state index contributed by atoms with van der Waals surface area (Å²) in [6, 6.07) is 6.24. The number of unbranched alkanes of at least 4 members (excludes halogenated alkanes) is 1. The number of rotatable bonds is 12. The van der Waals surface area contributed by atoms with Gasteiger partial charge in [0.05, 0.1) is 19.6 Å². The first-order valence-corrected chi connectivity index (χ1v) is 15.7. The van der Waals surface area contributed by atoms with Crippen LogP contribution in [-0.2, 0) is 31.7 Å². The number of benzene rings is 1. The van der Waals surface area contributed by atoms with Gasteiger partial charge >= 0.3 is 5.97 Å². The van der Waals surface area contributed by atoms with Gasteiger partial charge in [0, 0.05) is 57.4 Å². The summed E-state index contributed by atoms with van der Waals surface area (Å²) in [6.07, 6.45) is 12.8. The Hall–Kier alpha value is -2.16. The van der Waals surface area contributed by atoms with Gasteiger partial charge in [-0.3, -0.25) is 14.0 Å². The van der Waals surface area contributed by atoms with Crippen LogP contribution in [-0.4, -0.2) is 51.6 Å². The van der Waals surface area contributed by atoms with E-state index in [9.17, 15) is 9.00 Å². The molecule has 8 heteroatoms. The zero-order chi connectivity index (χ0) is 26.4. The maximum atomic E-state index is 11.2. The van der Waals surface area contributed by atoms with Crippen LogP contribution in [0.5, 0.6) is 0 Å². The van der Waals surface area contributed by atoms with E-state index in [-0.39, 0.29) is 30.4 Å². The number of carbonyl (C=O) groups is 1. The maximum Gasteiger partial charge on any atom is 0.303 e. The third-order valence-corrected chi connectivity index (χ3v) is 9.06. The number of nitrogens with zero attached hydrogens (tertiary/aromatic N) is 1. The summed E-state index contributed by atoms with van der Waals surface area (Å²) in [5.74, 6) is 2.25.